The predicted octanol–water partition coefficient (Wildman–Crippen LogP) is 2.63. The minimum Gasteiger partial charge on any atom is -0.480 e. The normalized spacial score (nSPS) is 10.2. The van der Waals surface area contributed by atoms with E-state index in [1.54, 1.807) is 24.3 Å². The lowest BCUT2D eigenvalue weighted by Crippen LogP contribution is -2.30. The van der Waals surface area contributed by atoms with E-state index in [0.717, 1.165) is 18.4 Å². The van der Waals surface area contributed by atoms with Crippen molar-refractivity contribution in [2.75, 3.05) is 11.9 Å². The quantitative estimate of drug-likeness (QED) is 0.679. The largest absolute Gasteiger partial charge is 0.480 e. The van der Waals surface area contributed by atoms with Gasteiger partial charge in [-0.25, -0.2) is 0 Å². The lowest BCUT2D eigenvalue weighted by Gasteiger charge is -2.08. The van der Waals surface area contributed by atoms with Crippen LogP contribution in [0.1, 0.15) is 34.8 Å². The SMILES string of the molecule is CCCc1ccc(C(=O)Nc2ccc(CC(=O)NCC(=O)O)cc2)cc1. The van der Waals surface area contributed by atoms with Gasteiger partial charge in [0.2, 0.25) is 5.91 Å². The van der Waals surface area contributed by atoms with Crippen molar-refractivity contribution in [3.8, 4) is 0 Å². The highest BCUT2D eigenvalue weighted by Crippen LogP contribution is 2.13. The molecule has 2 rings (SSSR count). The summed E-state index contributed by atoms with van der Waals surface area (Å²) in [4.78, 5) is 34.3. The number of amides is 2. The fraction of sp³-hybridized carbons (Fsp3) is 0.250. The Morgan fingerprint density at radius 1 is 0.923 bits per heavy atom. The minimum atomic E-state index is -1.08. The fourth-order valence-corrected chi connectivity index (χ4v) is 2.44. The van der Waals surface area contributed by atoms with Crippen molar-refractivity contribution >= 4 is 23.5 Å². The molecule has 6 nitrogen and oxygen atoms in total. The number of carboxylic acids is 1. The molecular weight excluding hydrogens is 332 g/mol. The molecule has 0 aromatic heterocycles. The third kappa shape index (κ3) is 6.05. The zero-order chi connectivity index (χ0) is 18.9. The van der Waals surface area contributed by atoms with Gasteiger partial charge in [-0.15, -0.1) is 0 Å². The van der Waals surface area contributed by atoms with Gasteiger partial charge in [0.05, 0.1) is 6.42 Å². The Balaban J connectivity index is 1.90. The lowest BCUT2D eigenvalue weighted by atomic mass is 10.1. The monoisotopic (exact) mass is 354 g/mol. The zero-order valence-corrected chi connectivity index (χ0v) is 14.6. The van der Waals surface area contributed by atoms with Crippen LogP contribution in [0.5, 0.6) is 0 Å². The van der Waals surface area contributed by atoms with E-state index in [1.165, 1.54) is 5.56 Å². The van der Waals surface area contributed by atoms with Crippen molar-refractivity contribution in [1.82, 2.24) is 5.32 Å². The summed E-state index contributed by atoms with van der Waals surface area (Å²) >= 11 is 0. The van der Waals surface area contributed by atoms with Crippen LogP contribution in [0.15, 0.2) is 48.5 Å². The Hall–Kier alpha value is -3.15. The van der Waals surface area contributed by atoms with Gasteiger partial charge in [0.1, 0.15) is 6.54 Å². The molecule has 0 heterocycles. The molecule has 2 aromatic carbocycles. The van der Waals surface area contributed by atoms with E-state index in [0.29, 0.717) is 11.3 Å². The molecule has 0 aliphatic heterocycles. The second-order valence-electron chi connectivity index (χ2n) is 5.95. The van der Waals surface area contributed by atoms with E-state index < -0.39 is 12.5 Å². The van der Waals surface area contributed by atoms with Crippen LogP contribution in [-0.4, -0.2) is 29.4 Å². The van der Waals surface area contributed by atoms with E-state index >= 15 is 0 Å². The van der Waals surface area contributed by atoms with Crippen LogP contribution in [0.4, 0.5) is 5.69 Å². The van der Waals surface area contributed by atoms with Crippen molar-refractivity contribution in [2.45, 2.75) is 26.2 Å². The van der Waals surface area contributed by atoms with Crippen LogP contribution < -0.4 is 10.6 Å². The second-order valence-corrected chi connectivity index (χ2v) is 5.95. The topological polar surface area (TPSA) is 95.5 Å². The number of nitrogens with one attached hydrogen (secondary N) is 2. The highest BCUT2D eigenvalue weighted by atomic mass is 16.4. The molecule has 3 N–H and O–H groups in total. The van der Waals surface area contributed by atoms with Gasteiger partial charge in [-0.1, -0.05) is 37.6 Å². The number of carbonyl (C=O) groups is 3. The van der Waals surface area contributed by atoms with Crippen LogP contribution in [-0.2, 0) is 22.4 Å². The molecule has 0 atom stereocenters. The maximum Gasteiger partial charge on any atom is 0.322 e. The van der Waals surface area contributed by atoms with Gasteiger partial charge in [-0.05, 0) is 41.8 Å². The number of aliphatic carboxylic acids is 1. The molecule has 26 heavy (non-hydrogen) atoms. The van der Waals surface area contributed by atoms with Crippen LogP contribution in [0, 0.1) is 0 Å². The van der Waals surface area contributed by atoms with E-state index in [-0.39, 0.29) is 18.2 Å². The second kappa shape index (κ2) is 9.36. The summed E-state index contributed by atoms with van der Waals surface area (Å²) in [7, 11) is 0. The number of hydrogen-bond acceptors (Lipinski definition) is 3. The maximum absolute atomic E-state index is 12.3. The van der Waals surface area contributed by atoms with Gasteiger partial charge < -0.3 is 15.7 Å². The molecule has 2 amide bonds. The lowest BCUT2D eigenvalue weighted by molar-refractivity contribution is -0.137. The summed E-state index contributed by atoms with van der Waals surface area (Å²) in [6.07, 6.45) is 2.13. The highest BCUT2D eigenvalue weighted by molar-refractivity contribution is 6.04. The minimum absolute atomic E-state index is 0.0837. The van der Waals surface area contributed by atoms with E-state index in [9.17, 15) is 14.4 Å². The third-order valence-electron chi connectivity index (χ3n) is 3.77. The Morgan fingerprint density at radius 3 is 2.12 bits per heavy atom. The number of hydrogen-bond donors (Lipinski definition) is 3. The summed E-state index contributed by atoms with van der Waals surface area (Å²) in [6, 6.07) is 14.4. The van der Waals surface area contributed by atoms with Crippen molar-refractivity contribution in [3.05, 3.63) is 65.2 Å². The zero-order valence-electron chi connectivity index (χ0n) is 14.6. The van der Waals surface area contributed by atoms with Gasteiger partial charge in [0.15, 0.2) is 0 Å². The van der Waals surface area contributed by atoms with Gasteiger partial charge in [-0.3, -0.25) is 14.4 Å². The van der Waals surface area contributed by atoms with Crippen LogP contribution in [0.2, 0.25) is 0 Å². The average molecular weight is 354 g/mol. The van der Waals surface area contributed by atoms with Crippen LogP contribution >= 0.6 is 0 Å². The Kier molecular flexibility index (Phi) is 6.91. The smallest absolute Gasteiger partial charge is 0.322 e. The standard InChI is InChI=1S/C20H22N2O4/c1-2-3-14-4-8-16(9-5-14)20(26)22-17-10-6-15(7-11-17)12-18(23)21-13-19(24)25/h4-11H,2-3,12-13H2,1H3,(H,21,23)(H,22,26)(H,24,25). The molecular formula is C20H22N2O4. The van der Waals surface area contributed by atoms with Crippen molar-refractivity contribution in [3.63, 3.8) is 0 Å². The number of benzene rings is 2. The maximum atomic E-state index is 12.3. The van der Waals surface area contributed by atoms with Gasteiger partial charge in [0, 0.05) is 11.3 Å². The molecule has 0 fully saturated rings. The number of carbonyl (C=O) groups excluding carboxylic acids is 2. The van der Waals surface area contributed by atoms with E-state index in [1.807, 2.05) is 24.3 Å². The molecule has 0 aliphatic carbocycles. The fourth-order valence-electron chi connectivity index (χ4n) is 2.44. The molecule has 2 aromatic rings. The molecule has 0 unspecified atom stereocenters. The molecule has 0 bridgehead atoms. The molecule has 0 saturated heterocycles. The molecule has 136 valence electrons. The number of aryl methyl sites for hydroxylation is 1. The number of carboxylic acid groups (broad SMARTS) is 1. The van der Waals surface area contributed by atoms with Gasteiger partial charge >= 0.3 is 5.97 Å². The van der Waals surface area contributed by atoms with Crippen molar-refractivity contribution < 1.29 is 19.5 Å². The molecule has 0 aliphatic rings. The first-order valence-corrected chi connectivity index (χ1v) is 8.45. The summed E-state index contributed by atoms with van der Waals surface area (Å²) < 4.78 is 0. The van der Waals surface area contributed by atoms with Crippen LogP contribution in [0.25, 0.3) is 0 Å². The number of rotatable bonds is 8. The third-order valence-corrected chi connectivity index (χ3v) is 3.77. The number of anilines is 1. The molecule has 6 heteroatoms. The Bertz CT molecular complexity index is 767. The highest BCUT2D eigenvalue weighted by Gasteiger charge is 2.08. The summed E-state index contributed by atoms with van der Waals surface area (Å²) in [5.74, 6) is -1.64. The summed E-state index contributed by atoms with van der Waals surface area (Å²) in [5.41, 5.74) is 3.15. The Morgan fingerprint density at radius 2 is 1.54 bits per heavy atom. The van der Waals surface area contributed by atoms with Gasteiger partial charge in [0.25, 0.3) is 5.91 Å². The van der Waals surface area contributed by atoms with Gasteiger partial charge in [-0.2, -0.15) is 0 Å². The first-order valence-electron chi connectivity index (χ1n) is 8.45. The first kappa shape index (κ1) is 19.2. The Labute approximate surface area is 152 Å². The van der Waals surface area contributed by atoms with Crippen molar-refractivity contribution in [1.29, 1.82) is 0 Å². The molecule has 0 radical (unpaired) electrons. The summed E-state index contributed by atoms with van der Waals surface area (Å²) in [5, 5.41) is 13.6. The van der Waals surface area contributed by atoms with E-state index in [4.69, 9.17) is 5.11 Å². The van der Waals surface area contributed by atoms with Crippen molar-refractivity contribution in [2.24, 2.45) is 0 Å². The summed E-state index contributed by atoms with van der Waals surface area (Å²) in [6.45, 7) is 1.71. The first-order chi connectivity index (χ1) is 12.5. The van der Waals surface area contributed by atoms with Crippen LogP contribution in [0.3, 0.4) is 0 Å². The average Bonchev–Trinajstić information content (AvgIpc) is 2.62. The molecule has 0 saturated carbocycles. The predicted molar refractivity (Wildman–Crippen MR) is 99.2 cm³/mol. The van der Waals surface area contributed by atoms with E-state index in [2.05, 4.69) is 17.6 Å². The molecule has 0 spiro atoms.